The first-order chi connectivity index (χ1) is 8.88. The fraction of sp³-hybridized carbons (Fsp3) is 0.0769. The van der Waals surface area contributed by atoms with E-state index in [9.17, 15) is 8.42 Å². The monoisotopic (exact) mass is 359 g/mol. The maximum absolute atomic E-state index is 12.3. The fourth-order valence-corrected chi connectivity index (χ4v) is 3.88. The lowest BCUT2D eigenvalue weighted by Gasteiger charge is -2.07. The Morgan fingerprint density at radius 1 is 1.16 bits per heavy atom. The van der Waals surface area contributed by atoms with Crippen molar-refractivity contribution >= 4 is 43.1 Å². The van der Waals surface area contributed by atoms with Gasteiger partial charge in [0.2, 0.25) is 0 Å². The zero-order valence-corrected chi connectivity index (χ0v) is 13.0. The number of anilines is 1. The first-order valence-corrected chi connectivity index (χ1v) is 8.23. The molecule has 0 aliphatic heterocycles. The Hall–Kier alpha value is -1.04. The standard InChI is InChI=1S/C13H11BrClNO2S/c14-10-5-4-9(13(15)6-10)8-19(17,18)12-3-1-2-11(16)7-12/h1-7H,8,16H2. The fourth-order valence-electron chi connectivity index (χ4n) is 1.63. The SMILES string of the molecule is Nc1cccc(S(=O)(=O)Cc2ccc(Br)cc2Cl)c1. The molecule has 2 rings (SSSR count). The van der Waals surface area contributed by atoms with Crippen LogP contribution in [0.25, 0.3) is 0 Å². The van der Waals surface area contributed by atoms with Crippen LogP contribution < -0.4 is 5.73 Å². The molecule has 19 heavy (non-hydrogen) atoms. The van der Waals surface area contributed by atoms with Crippen LogP contribution in [0.15, 0.2) is 51.8 Å². The number of sulfone groups is 1. The number of rotatable bonds is 3. The number of hydrogen-bond acceptors (Lipinski definition) is 3. The minimum Gasteiger partial charge on any atom is -0.399 e. The molecule has 2 aromatic carbocycles. The topological polar surface area (TPSA) is 60.2 Å². The lowest BCUT2D eigenvalue weighted by molar-refractivity contribution is 0.595. The van der Waals surface area contributed by atoms with Crippen molar-refractivity contribution in [1.29, 1.82) is 0 Å². The lowest BCUT2D eigenvalue weighted by Crippen LogP contribution is -2.06. The van der Waals surface area contributed by atoms with E-state index in [1.807, 2.05) is 0 Å². The molecule has 0 unspecified atom stereocenters. The average molecular weight is 361 g/mol. The largest absolute Gasteiger partial charge is 0.399 e. The van der Waals surface area contributed by atoms with Gasteiger partial charge in [-0.15, -0.1) is 0 Å². The zero-order chi connectivity index (χ0) is 14.0. The number of benzene rings is 2. The van der Waals surface area contributed by atoms with Crippen LogP contribution in [0.1, 0.15) is 5.56 Å². The molecule has 2 N–H and O–H groups in total. The molecule has 0 saturated heterocycles. The van der Waals surface area contributed by atoms with Crippen LogP contribution >= 0.6 is 27.5 Å². The van der Waals surface area contributed by atoms with E-state index in [1.165, 1.54) is 12.1 Å². The predicted octanol–water partition coefficient (Wildman–Crippen LogP) is 3.66. The third-order valence-corrected chi connectivity index (χ3v) is 5.09. The van der Waals surface area contributed by atoms with Crippen molar-refractivity contribution in [1.82, 2.24) is 0 Å². The number of nitrogens with two attached hydrogens (primary N) is 1. The van der Waals surface area contributed by atoms with Gasteiger partial charge in [0, 0.05) is 15.2 Å². The quantitative estimate of drug-likeness (QED) is 0.850. The van der Waals surface area contributed by atoms with E-state index in [4.69, 9.17) is 17.3 Å². The maximum atomic E-state index is 12.3. The van der Waals surface area contributed by atoms with Crippen LogP contribution in [0, 0.1) is 0 Å². The third-order valence-electron chi connectivity index (χ3n) is 2.58. The molecule has 100 valence electrons. The summed E-state index contributed by atoms with van der Waals surface area (Å²) in [6.45, 7) is 0. The highest BCUT2D eigenvalue weighted by Gasteiger charge is 2.17. The van der Waals surface area contributed by atoms with Crippen LogP contribution in [0.5, 0.6) is 0 Å². The smallest absolute Gasteiger partial charge is 0.182 e. The molecule has 6 heteroatoms. The molecule has 0 amide bonds. The second-order valence-corrected chi connectivity index (χ2v) is 7.38. The lowest BCUT2D eigenvalue weighted by atomic mass is 10.2. The Morgan fingerprint density at radius 3 is 2.53 bits per heavy atom. The normalized spacial score (nSPS) is 11.5. The molecule has 0 aliphatic carbocycles. The summed E-state index contributed by atoms with van der Waals surface area (Å²) in [5.41, 5.74) is 6.58. The summed E-state index contributed by atoms with van der Waals surface area (Å²) in [5, 5.41) is 0.418. The van der Waals surface area contributed by atoms with E-state index in [0.29, 0.717) is 16.3 Å². The van der Waals surface area contributed by atoms with Gasteiger partial charge in [-0.05, 0) is 35.9 Å². The van der Waals surface area contributed by atoms with Crippen molar-refractivity contribution < 1.29 is 8.42 Å². The minimum atomic E-state index is -3.45. The van der Waals surface area contributed by atoms with Crippen LogP contribution in [0.4, 0.5) is 5.69 Å². The highest BCUT2D eigenvalue weighted by Crippen LogP contribution is 2.25. The maximum Gasteiger partial charge on any atom is 0.182 e. The number of nitrogen functional groups attached to an aromatic ring is 1. The molecule has 0 bridgehead atoms. The summed E-state index contributed by atoms with van der Waals surface area (Å²) in [5.74, 6) is -0.150. The van der Waals surface area contributed by atoms with Crippen LogP contribution in [0.3, 0.4) is 0 Å². The number of halogens is 2. The summed E-state index contributed by atoms with van der Waals surface area (Å²) in [4.78, 5) is 0.200. The second-order valence-electron chi connectivity index (χ2n) is 4.07. The first kappa shape index (κ1) is 14.4. The van der Waals surface area contributed by atoms with Gasteiger partial charge in [-0.2, -0.15) is 0 Å². The molecule has 0 fully saturated rings. The van der Waals surface area contributed by atoms with Gasteiger partial charge in [-0.1, -0.05) is 39.7 Å². The van der Waals surface area contributed by atoms with E-state index in [-0.39, 0.29) is 10.6 Å². The molecule has 0 atom stereocenters. The highest BCUT2D eigenvalue weighted by molar-refractivity contribution is 9.10. The van der Waals surface area contributed by atoms with Gasteiger partial charge in [-0.25, -0.2) is 8.42 Å². The molecule has 0 radical (unpaired) electrons. The van der Waals surface area contributed by atoms with E-state index >= 15 is 0 Å². The molecule has 0 saturated carbocycles. The summed E-state index contributed by atoms with van der Waals surface area (Å²) < 4.78 is 25.3. The van der Waals surface area contributed by atoms with Crippen molar-refractivity contribution in [3.8, 4) is 0 Å². The molecule has 0 aliphatic rings. The number of hydrogen-bond donors (Lipinski definition) is 1. The minimum absolute atomic E-state index is 0.150. The van der Waals surface area contributed by atoms with Gasteiger partial charge in [0.05, 0.1) is 10.6 Å². The molecule has 0 heterocycles. The summed E-state index contributed by atoms with van der Waals surface area (Å²) >= 11 is 9.32. The third kappa shape index (κ3) is 3.49. The van der Waals surface area contributed by atoms with E-state index in [1.54, 1.807) is 30.3 Å². The van der Waals surface area contributed by atoms with E-state index < -0.39 is 9.84 Å². The predicted molar refractivity (Wildman–Crippen MR) is 80.9 cm³/mol. The van der Waals surface area contributed by atoms with E-state index in [0.717, 1.165) is 4.47 Å². The Labute approximate surface area is 125 Å². The van der Waals surface area contributed by atoms with Crippen molar-refractivity contribution in [3.05, 3.63) is 57.5 Å². The Morgan fingerprint density at radius 2 is 1.89 bits per heavy atom. The van der Waals surface area contributed by atoms with Crippen molar-refractivity contribution in [3.63, 3.8) is 0 Å². The molecule has 0 aromatic heterocycles. The van der Waals surface area contributed by atoms with Crippen molar-refractivity contribution in [2.24, 2.45) is 0 Å². The summed E-state index contributed by atoms with van der Waals surface area (Å²) in [6, 6.07) is 11.4. The van der Waals surface area contributed by atoms with Gasteiger partial charge in [0.25, 0.3) is 0 Å². The molecular weight excluding hydrogens is 350 g/mol. The van der Waals surface area contributed by atoms with Crippen molar-refractivity contribution in [2.75, 3.05) is 5.73 Å². The van der Waals surface area contributed by atoms with Crippen LogP contribution in [-0.2, 0) is 15.6 Å². The Balaban J connectivity index is 2.36. The first-order valence-electron chi connectivity index (χ1n) is 5.41. The van der Waals surface area contributed by atoms with Crippen molar-refractivity contribution in [2.45, 2.75) is 10.6 Å². The van der Waals surface area contributed by atoms with Crippen LogP contribution in [0.2, 0.25) is 5.02 Å². The molecule has 0 spiro atoms. The Bertz CT molecular complexity index is 716. The van der Waals surface area contributed by atoms with Gasteiger partial charge in [0.1, 0.15) is 0 Å². The zero-order valence-electron chi connectivity index (χ0n) is 9.81. The van der Waals surface area contributed by atoms with E-state index in [2.05, 4.69) is 15.9 Å². The average Bonchev–Trinajstić information content (AvgIpc) is 2.33. The Kier molecular flexibility index (Phi) is 4.18. The van der Waals surface area contributed by atoms with Gasteiger partial charge in [0.15, 0.2) is 9.84 Å². The van der Waals surface area contributed by atoms with Crippen LogP contribution in [-0.4, -0.2) is 8.42 Å². The van der Waals surface area contributed by atoms with Gasteiger partial charge in [-0.3, -0.25) is 0 Å². The molecule has 2 aromatic rings. The molecule has 3 nitrogen and oxygen atoms in total. The summed E-state index contributed by atoms with van der Waals surface area (Å²) in [6.07, 6.45) is 0. The summed E-state index contributed by atoms with van der Waals surface area (Å²) in [7, 11) is -3.45. The van der Waals surface area contributed by atoms with Gasteiger partial charge < -0.3 is 5.73 Å². The second kappa shape index (κ2) is 5.53. The van der Waals surface area contributed by atoms with Gasteiger partial charge >= 0.3 is 0 Å². The highest BCUT2D eigenvalue weighted by atomic mass is 79.9. The molecular formula is C13H11BrClNO2S.